The molecule has 10 rings (SSSR count). The van der Waals surface area contributed by atoms with Gasteiger partial charge in [0.05, 0.1) is 5.52 Å². The average molecular weight is 628 g/mol. The normalized spacial score (nSPS) is 11.8. The van der Waals surface area contributed by atoms with Crippen LogP contribution in [0.3, 0.4) is 0 Å². The number of fused-ring (bicyclic) bond motifs is 7. The summed E-state index contributed by atoms with van der Waals surface area (Å²) >= 11 is 1.89. The highest BCUT2D eigenvalue weighted by Crippen LogP contribution is 2.47. The van der Waals surface area contributed by atoms with Crippen molar-refractivity contribution >= 4 is 64.1 Å². The SMILES string of the molecule is c1ccc(-c2cccc(-c3c4ccccc4c(-c4ccc5c(c4)sc4c5c5ccccc5n4-c4ccccc4)c4ccccc34)c2)cc1. The molecule has 1 nitrogen and oxygen atoms in total. The minimum absolute atomic E-state index is 1.19. The molecule has 0 aliphatic heterocycles. The van der Waals surface area contributed by atoms with Crippen LogP contribution in [0.15, 0.2) is 176 Å². The van der Waals surface area contributed by atoms with Gasteiger partial charge < -0.3 is 4.57 Å². The van der Waals surface area contributed by atoms with Crippen molar-refractivity contribution in [2.24, 2.45) is 0 Å². The van der Waals surface area contributed by atoms with Gasteiger partial charge in [-0.15, -0.1) is 11.3 Å². The van der Waals surface area contributed by atoms with Crippen LogP contribution in [0.5, 0.6) is 0 Å². The average Bonchev–Trinajstić information content (AvgIpc) is 3.68. The first-order valence-corrected chi connectivity index (χ1v) is 17.3. The zero-order valence-electron chi connectivity index (χ0n) is 26.1. The Balaban J connectivity index is 1.23. The highest BCUT2D eigenvalue weighted by Gasteiger charge is 2.20. The molecule has 0 atom stereocenters. The molecule has 2 heteroatoms. The van der Waals surface area contributed by atoms with Crippen LogP contribution in [0.1, 0.15) is 0 Å². The minimum atomic E-state index is 1.19. The summed E-state index contributed by atoms with van der Waals surface area (Å²) in [5.74, 6) is 0. The summed E-state index contributed by atoms with van der Waals surface area (Å²) < 4.78 is 3.73. The molecule has 0 saturated heterocycles. The maximum Gasteiger partial charge on any atom is 0.109 e. The lowest BCUT2D eigenvalue weighted by Gasteiger charge is -2.18. The fraction of sp³-hybridized carbons (Fsp3) is 0. The van der Waals surface area contributed by atoms with Gasteiger partial charge in [0.1, 0.15) is 4.83 Å². The first kappa shape index (κ1) is 27.2. The molecular formula is C46H29NS. The number of hydrogen-bond donors (Lipinski definition) is 0. The van der Waals surface area contributed by atoms with Gasteiger partial charge in [-0.2, -0.15) is 0 Å². The van der Waals surface area contributed by atoms with E-state index in [0.717, 1.165) is 0 Å². The van der Waals surface area contributed by atoms with Gasteiger partial charge in [0.2, 0.25) is 0 Å². The van der Waals surface area contributed by atoms with E-state index in [4.69, 9.17) is 0 Å². The number of para-hydroxylation sites is 2. The second-order valence-electron chi connectivity index (χ2n) is 12.5. The van der Waals surface area contributed by atoms with Crippen molar-refractivity contribution in [2.45, 2.75) is 0 Å². The summed E-state index contributed by atoms with van der Waals surface area (Å²) in [6.07, 6.45) is 0. The molecule has 0 unspecified atom stereocenters. The van der Waals surface area contributed by atoms with Gasteiger partial charge in [-0.05, 0) is 85.3 Å². The standard InChI is InChI=1S/C46H29NS/c1-3-14-30(15-4-1)31-16-13-17-32(28-31)43-35-20-7-9-22-37(35)44(38-23-10-8-21-36(38)43)33-26-27-40-42(29-33)48-46-45(40)39-24-11-12-25-41(39)47(46)34-18-5-2-6-19-34/h1-29H. The third-order valence-electron chi connectivity index (χ3n) is 9.78. The lowest BCUT2D eigenvalue weighted by atomic mass is 9.85. The van der Waals surface area contributed by atoms with Crippen molar-refractivity contribution < 1.29 is 0 Å². The zero-order valence-corrected chi connectivity index (χ0v) is 26.9. The first-order chi connectivity index (χ1) is 23.8. The van der Waals surface area contributed by atoms with E-state index in [1.807, 2.05) is 11.3 Å². The molecule has 8 aromatic carbocycles. The van der Waals surface area contributed by atoms with Crippen LogP contribution >= 0.6 is 11.3 Å². The first-order valence-electron chi connectivity index (χ1n) is 16.4. The predicted molar refractivity (Wildman–Crippen MR) is 207 cm³/mol. The Bertz CT molecular complexity index is 2760. The number of nitrogens with zero attached hydrogens (tertiary/aromatic N) is 1. The Morgan fingerprint density at radius 1 is 0.354 bits per heavy atom. The van der Waals surface area contributed by atoms with Crippen LogP contribution in [-0.4, -0.2) is 4.57 Å². The summed E-state index contributed by atoms with van der Waals surface area (Å²) in [5, 5.41) is 9.04. The second-order valence-corrected chi connectivity index (χ2v) is 13.5. The molecule has 48 heavy (non-hydrogen) atoms. The van der Waals surface area contributed by atoms with E-state index in [0.29, 0.717) is 0 Å². The molecule has 224 valence electrons. The molecule has 2 heterocycles. The highest BCUT2D eigenvalue weighted by atomic mass is 32.1. The Hall–Kier alpha value is -5.96. The molecule has 0 spiro atoms. The quantitative estimate of drug-likeness (QED) is 0.171. The number of aromatic nitrogens is 1. The van der Waals surface area contributed by atoms with Gasteiger partial charge in [-0.1, -0.05) is 146 Å². The zero-order chi connectivity index (χ0) is 31.6. The van der Waals surface area contributed by atoms with E-state index in [-0.39, 0.29) is 0 Å². The number of hydrogen-bond acceptors (Lipinski definition) is 1. The van der Waals surface area contributed by atoms with Crippen molar-refractivity contribution in [3.63, 3.8) is 0 Å². The molecule has 0 saturated carbocycles. The van der Waals surface area contributed by atoms with Gasteiger partial charge in [-0.25, -0.2) is 0 Å². The molecule has 0 radical (unpaired) electrons. The Kier molecular flexibility index (Phi) is 6.12. The summed E-state index contributed by atoms with van der Waals surface area (Å²) in [6.45, 7) is 0. The molecule has 0 amide bonds. The van der Waals surface area contributed by atoms with Gasteiger partial charge in [0.15, 0.2) is 0 Å². The molecule has 10 aromatic rings. The number of thiophene rings is 1. The Morgan fingerprint density at radius 2 is 0.875 bits per heavy atom. The smallest absolute Gasteiger partial charge is 0.109 e. The van der Waals surface area contributed by atoms with Crippen molar-refractivity contribution in [3.05, 3.63) is 176 Å². The van der Waals surface area contributed by atoms with Crippen LogP contribution in [-0.2, 0) is 0 Å². The van der Waals surface area contributed by atoms with Gasteiger partial charge in [0.25, 0.3) is 0 Å². The third-order valence-corrected chi connectivity index (χ3v) is 10.9. The molecule has 0 fully saturated rings. The van der Waals surface area contributed by atoms with E-state index in [9.17, 15) is 0 Å². The van der Waals surface area contributed by atoms with E-state index in [1.54, 1.807) is 0 Å². The predicted octanol–water partition coefficient (Wildman–Crippen LogP) is 13.3. The number of rotatable bonds is 4. The van der Waals surface area contributed by atoms with Crippen LogP contribution in [0.4, 0.5) is 0 Å². The Morgan fingerprint density at radius 3 is 1.54 bits per heavy atom. The topological polar surface area (TPSA) is 4.93 Å². The molecule has 0 bridgehead atoms. The monoisotopic (exact) mass is 627 g/mol. The lowest BCUT2D eigenvalue weighted by molar-refractivity contribution is 1.19. The fourth-order valence-corrected chi connectivity index (χ4v) is 9.01. The summed E-state index contributed by atoms with van der Waals surface area (Å²) in [5.41, 5.74) is 9.97. The summed E-state index contributed by atoms with van der Waals surface area (Å²) in [7, 11) is 0. The molecule has 0 aliphatic rings. The van der Waals surface area contributed by atoms with E-state index < -0.39 is 0 Å². The maximum atomic E-state index is 2.43. The van der Waals surface area contributed by atoms with Crippen LogP contribution < -0.4 is 0 Å². The van der Waals surface area contributed by atoms with Crippen LogP contribution in [0, 0.1) is 0 Å². The van der Waals surface area contributed by atoms with Crippen molar-refractivity contribution in [1.29, 1.82) is 0 Å². The summed E-state index contributed by atoms with van der Waals surface area (Å²) in [6, 6.07) is 64.2. The molecule has 0 aliphatic carbocycles. The van der Waals surface area contributed by atoms with Crippen molar-refractivity contribution in [2.75, 3.05) is 0 Å². The van der Waals surface area contributed by atoms with Gasteiger partial charge in [-0.3, -0.25) is 0 Å². The third kappa shape index (κ3) is 4.10. The highest BCUT2D eigenvalue weighted by molar-refractivity contribution is 7.25. The van der Waals surface area contributed by atoms with E-state index in [2.05, 4.69) is 180 Å². The second kappa shape index (κ2) is 10.8. The van der Waals surface area contributed by atoms with Gasteiger partial charge in [0, 0.05) is 26.5 Å². The molecule has 2 aromatic heterocycles. The fourth-order valence-electron chi connectivity index (χ4n) is 7.72. The summed E-state index contributed by atoms with van der Waals surface area (Å²) in [4.78, 5) is 1.29. The lowest BCUT2D eigenvalue weighted by Crippen LogP contribution is -1.91. The molecule has 0 N–H and O–H groups in total. The number of benzene rings is 8. The van der Waals surface area contributed by atoms with E-state index >= 15 is 0 Å². The van der Waals surface area contributed by atoms with E-state index in [1.165, 1.54) is 91.8 Å². The van der Waals surface area contributed by atoms with Crippen molar-refractivity contribution in [3.8, 4) is 39.1 Å². The van der Waals surface area contributed by atoms with Crippen LogP contribution in [0.2, 0.25) is 0 Å². The van der Waals surface area contributed by atoms with Crippen molar-refractivity contribution in [1.82, 2.24) is 4.57 Å². The van der Waals surface area contributed by atoms with Crippen LogP contribution in [0.25, 0.3) is 91.8 Å². The maximum absolute atomic E-state index is 2.43. The largest absolute Gasteiger partial charge is 0.301 e. The Labute approximate surface area is 282 Å². The molecular weight excluding hydrogens is 599 g/mol. The van der Waals surface area contributed by atoms with Gasteiger partial charge >= 0.3 is 0 Å². The minimum Gasteiger partial charge on any atom is -0.301 e.